The van der Waals surface area contributed by atoms with Gasteiger partial charge in [-0.1, -0.05) is 50.5 Å². The van der Waals surface area contributed by atoms with E-state index in [1.54, 1.807) is 5.56 Å². The van der Waals surface area contributed by atoms with Gasteiger partial charge in [-0.3, -0.25) is 0 Å². The van der Waals surface area contributed by atoms with E-state index in [1.807, 2.05) is 0 Å². The predicted molar refractivity (Wildman–Crippen MR) is 81.3 cm³/mol. The van der Waals surface area contributed by atoms with Crippen LogP contribution in [-0.2, 0) is 0 Å². The molecule has 1 aromatic rings. The summed E-state index contributed by atoms with van der Waals surface area (Å²) in [5, 5.41) is 3.59. The maximum absolute atomic E-state index is 3.59. The van der Waals surface area contributed by atoms with E-state index < -0.39 is 0 Å². The van der Waals surface area contributed by atoms with E-state index in [9.17, 15) is 0 Å². The molecule has 0 saturated heterocycles. The van der Waals surface area contributed by atoms with Gasteiger partial charge < -0.3 is 5.32 Å². The van der Waals surface area contributed by atoms with Crippen molar-refractivity contribution in [2.45, 2.75) is 57.4 Å². The van der Waals surface area contributed by atoms with Gasteiger partial charge in [0, 0.05) is 6.04 Å². The monoisotopic (exact) mass is 257 g/mol. The van der Waals surface area contributed by atoms with Gasteiger partial charge in [-0.2, -0.15) is 0 Å². The van der Waals surface area contributed by atoms with E-state index in [1.165, 1.54) is 44.1 Å². The number of hydrogen-bond donors (Lipinski definition) is 1. The molecule has 0 radical (unpaired) electrons. The molecule has 0 aromatic heterocycles. The van der Waals surface area contributed by atoms with Gasteiger partial charge in [0.25, 0.3) is 0 Å². The van der Waals surface area contributed by atoms with Crippen LogP contribution in [0.5, 0.6) is 0 Å². The Morgan fingerprint density at radius 2 is 1.89 bits per heavy atom. The molecule has 0 bridgehead atoms. The molecule has 0 amide bonds. The minimum absolute atomic E-state index is 0.553. The van der Waals surface area contributed by atoms with Gasteiger partial charge in [-0.15, -0.1) is 0 Å². The molecule has 104 valence electrons. The lowest BCUT2D eigenvalue weighted by Gasteiger charge is -2.30. The highest BCUT2D eigenvalue weighted by Crippen LogP contribution is 2.41. The molecule has 2 saturated carbocycles. The fraction of sp³-hybridized carbons (Fsp3) is 0.667. The average Bonchev–Trinajstić information content (AvgIpc) is 2.75. The van der Waals surface area contributed by atoms with Crippen molar-refractivity contribution in [1.29, 1.82) is 0 Å². The second-order valence-electron chi connectivity index (χ2n) is 6.64. The highest BCUT2D eigenvalue weighted by atomic mass is 14.9. The van der Waals surface area contributed by atoms with Crippen LogP contribution in [0.1, 0.15) is 68.5 Å². The molecule has 3 unspecified atom stereocenters. The Labute approximate surface area is 117 Å². The molecule has 0 heterocycles. The van der Waals surface area contributed by atoms with Crippen molar-refractivity contribution in [3.63, 3.8) is 0 Å². The van der Waals surface area contributed by atoms with Gasteiger partial charge >= 0.3 is 0 Å². The highest BCUT2D eigenvalue weighted by Gasteiger charge is 2.31. The van der Waals surface area contributed by atoms with Crippen molar-refractivity contribution in [3.8, 4) is 0 Å². The van der Waals surface area contributed by atoms with Gasteiger partial charge in [0.05, 0.1) is 0 Å². The van der Waals surface area contributed by atoms with E-state index in [-0.39, 0.29) is 0 Å². The van der Waals surface area contributed by atoms with Gasteiger partial charge in [0.2, 0.25) is 0 Å². The van der Waals surface area contributed by atoms with Crippen molar-refractivity contribution < 1.29 is 0 Å². The van der Waals surface area contributed by atoms with Crippen LogP contribution in [0.25, 0.3) is 0 Å². The Hall–Kier alpha value is -0.820. The molecule has 1 nitrogen and oxygen atoms in total. The van der Waals surface area contributed by atoms with Gasteiger partial charge in [0.15, 0.2) is 0 Å². The zero-order valence-electron chi connectivity index (χ0n) is 12.4. The molecular formula is C18H27N. The lowest BCUT2D eigenvalue weighted by atomic mass is 9.78. The third-order valence-corrected chi connectivity index (χ3v) is 5.51. The molecule has 2 fully saturated rings. The molecule has 19 heavy (non-hydrogen) atoms. The first-order valence-electron chi connectivity index (χ1n) is 8.06. The Morgan fingerprint density at radius 3 is 2.47 bits per heavy atom. The molecule has 1 aromatic carbocycles. The van der Waals surface area contributed by atoms with Crippen molar-refractivity contribution in [1.82, 2.24) is 5.32 Å². The minimum atomic E-state index is 0.553. The Morgan fingerprint density at radius 1 is 1.11 bits per heavy atom. The van der Waals surface area contributed by atoms with E-state index in [0.29, 0.717) is 6.04 Å². The average molecular weight is 257 g/mol. The van der Waals surface area contributed by atoms with Crippen LogP contribution in [0.3, 0.4) is 0 Å². The lowest BCUT2D eigenvalue weighted by Crippen LogP contribution is -2.27. The fourth-order valence-electron chi connectivity index (χ4n) is 4.05. The SMILES string of the molecule is CNC(c1cccc(C2CCC2)c1)C1CCCC1C. The van der Waals surface area contributed by atoms with E-state index >= 15 is 0 Å². The summed E-state index contributed by atoms with van der Waals surface area (Å²) in [5.41, 5.74) is 3.10. The van der Waals surface area contributed by atoms with Crippen LogP contribution in [-0.4, -0.2) is 7.05 Å². The number of hydrogen-bond acceptors (Lipinski definition) is 1. The summed E-state index contributed by atoms with van der Waals surface area (Å²) in [6, 6.07) is 9.97. The summed E-state index contributed by atoms with van der Waals surface area (Å²) in [5.74, 6) is 2.53. The van der Waals surface area contributed by atoms with Crippen LogP contribution in [0.4, 0.5) is 0 Å². The maximum Gasteiger partial charge on any atom is 0.0348 e. The van der Waals surface area contributed by atoms with Crippen LogP contribution in [0, 0.1) is 11.8 Å². The first kappa shape index (κ1) is 13.2. The Kier molecular flexibility index (Phi) is 3.93. The first-order chi connectivity index (χ1) is 9.29. The molecule has 2 aliphatic carbocycles. The standard InChI is InChI=1S/C18H27N/c1-13-6-3-11-17(13)18(19-2)16-10-5-9-15(12-16)14-7-4-8-14/h5,9-10,12-14,17-19H,3-4,6-8,11H2,1-2H3. The number of nitrogens with one attached hydrogen (secondary N) is 1. The zero-order chi connectivity index (χ0) is 13.2. The molecule has 3 rings (SSSR count). The first-order valence-corrected chi connectivity index (χ1v) is 8.06. The molecule has 0 spiro atoms. The summed E-state index contributed by atoms with van der Waals surface area (Å²) >= 11 is 0. The van der Waals surface area contributed by atoms with Gasteiger partial charge in [0.1, 0.15) is 0 Å². The largest absolute Gasteiger partial charge is 0.313 e. The smallest absolute Gasteiger partial charge is 0.0348 e. The van der Waals surface area contributed by atoms with Crippen LogP contribution in [0.2, 0.25) is 0 Å². The van der Waals surface area contributed by atoms with Crippen LogP contribution in [0.15, 0.2) is 24.3 Å². The van der Waals surface area contributed by atoms with Gasteiger partial charge in [-0.05, 0) is 55.2 Å². The third kappa shape index (κ3) is 2.58. The second kappa shape index (κ2) is 5.66. The summed E-state index contributed by atoms with van der Waals surface area (Å²) in [4.78, 5) is 0. The Balaban J connectivity index is 1.82. The highest BCUT2D eigenvalue weighted by molar-refractivity contribution is 5.30. The fourth-order valence-corrected chi connectivity index (χ4v) is 4.05. The summed E-state index contributed by atoms with van der Waals surface area (Å²) in [6.07, 6.45) is 8.42. The van der Waals surface area contributed by atoms with Gasteiger partial charge in [-0.25, -0.2) is 0 Å². The van der Waals surface area contributed by atoms with Crippen molar-refractivity contribution in [2.24, 2.45) is 11.8 Å². The summed E-state index contributed by atoms with van der Waals surface area (Å²) in [6.45, 7) is 2.43. The quantitative estimate of drug-likeness (QED) is 0.828. The lowest BCUT2D eigenvalue weighted by molar-refractivity contribution is 0.315. The topological polar surface area (TPSA) is 12.0 Å². The van der Waals surface area contributed by atoms with E-state index in [4.69, 9.17) is 0 Å². The number of benzene rings is 1. The third-order valence-electron chi connectivity index (χ3n) is 5.51. The normalized spacial score (nSPS) is 29.2. The molecule has 0 aliphatic heterocycles. The van der Waals surface area contributed by atoms with Crippen LogP contribution < -0.4 is 5.32 Å². The van der Waals surface area contributed by atoms with E-state index in [2.05, 4.69) is 43.6 Å². The molecule has 2 aliphatic rings. The molecule has 1 N–H and O–H groups in total. The van der Waals surface area contributed by atoms with Crippen LogP contribution >= 0.6 is 0 Å². The van der Waals surface area contributed by atoms with E-state index in [0.717, 1.165) is 17.8 Å². The Bertz CT molecular complexity index is 421. The zero-order valence-corrected chi connectivity index (χ0v) is 12.4. The summed E-state index contributed by atoms with van der Waals surface area (Å²) in [7, 11) is 2.13. The molecular weight excluding hydrogens is 230 g/mol. The van der Waals surface area contributed by atoms with Crippen molar-refractivity contribution in [3.05, 3.63) is 35.4 Å². The minimum Gasteiger partial charge on any atom is -0.313 e. The number of rotatable bonds is 4. The second-order valence-corrected chi connectivity index (χ2v) is 6.64. The molecule has 1 heteroatoms. The summed E-state index contributed by atoms with van der Waals surface area (Å²) < 4.78 is 0. The van der Waals surface area contributed by atoms with Crippen molar-refractivity contribution >= 4 is 0 Å². The maximum atomic E-state index is 3.59. The van der Waals surface area contributed by atoms with Crippen molar-refractivity contribution in [2.75, 3.05) is 7.05 Å². The predicted octanol–water partition coefficient (Wildman–Crippen LogP) is 4.65. The molecule has 3 atom stereocenters.